The van der Waals surface area contributed by atoms with Crippen LogP contribution in [0.5, 0.6) is 0 Å². The molecule has 0 rings (SSSR count). The van der Waals surface area contributed by atoms with Crippen LogP contribution in [0.2, 0.25) is 0 Å². The van der Waals surface area contributed by atoms with Crippen LogP contribution in [0.15, 0.2) is 97.2 Å². The second kappa shape index (κ2) is 50.0. The molecule has 1 unspecified atom stereocenters. The van der Waals surface area contributed by atoms with Gasteiger partial charge >= 0.3 is 17.9 Å². The Balaban J connectivity index is 4.53. The van der Waals surface area contributed by atoms with E-state index in [1.807, 2.05) is 60.8 Å². The van der Waals surface area contributed by atoms with Crippen LogP contribution < -0.4 is 0 Å². The summed E-state index contributed by atoms with van der Waals surface area (Å²) in [6.07, 6.45) is 65.3. The van der Waals surface area contributed by atoms with Gasteiger partial charge in [0.1, 0.15) is 13.2 Å². The van der Waals surface area contributed by atoms with E-state index in [0.29, 0.717) is 19.3 Å². The molecule has 0 aliphatic rings. The summed E-state index contributed by atoms with van der Waals surface area (Å²) in [6.45, 7) is 6.40. The number of unbranched alkanes of at least 4 members (excludes halogenated alkanes) is 22. The van der Waals surface area contributed by atoms with Crippen molar-refractivity contribution in [3.05, 3.63) is 97.2 Å². The van der Waals surface area contributed by atoms with Gasteiger partial charge in [0.2, 0.25) is 0 Å². The maximum atomic E-state index is 12.8. The van der Waals surface area contributed by atoms with Gasteiger partial charge in [0.25, 0.3) is 0 Å². The lowest BCUT2D eigenvalue weighted by molar-refractivity contribution is -0.167. The van der Waals surface area contributed by atoms with Crippen LogP contribution in [0.4, 0.5) is 0 Å². The maximum absolute atomic E-state index is 12.8. The minimum atomic E-state index is -0.810. The van der Waals surface area contributed by atoms with E-state index < -0.39 is 6.10 Å². The molecule has 0 radical (unpaired) electrons. The molecule has 0 N–H and O–H groups in total. The molecule has 0 spiro atoms. The van der Waals surface area contributed by atoms with E-state index >= 15 is 0 Å². The van der Waals surface area contributed by atoms with Crippen molar-refractivity contribution in [2.45, 2.75) is 226 Å². The van der Waals surface area contributed by atoms with Gasteiger partial charge < -0.3 is 14.2 Å². The van der Waals surface area contributed by atoms with Crippen molar-refractivity contribution in [3.63, 3.8) is 0 Å². The fourth-order valence-corrected chi connectivity index (χ4v) is 6.64. The normalized spacial score (nSPS) is 12.9. The van der Waals surface area contributed by atoms with E-state index in [9.17, 15) is 14.4 Å². The Kier molecular flexibility index (Phi) is 47.0. The van der Waals surface area contributed by atoms with Crippen LogP contribution in [0.3, 0.4) is 0 Å². The summed E-state index contributed by atoms with van der Waals surface area (Å²) in [6, 6.07) is 0. The topological polar surface area (TPSA) is 78.9 Å². The highest BCUT2D eigenvalue weighted by molar-refractivity contribution is 5.71. The molecule has 0 aromatic rings. The van der Waals surface area contributed by atoms with Crippen molar-refractivity contribution in [1.82, 2.24) is 0 Å². The van der Waals surface area contributed by atoms with Gasteiger partial charge in [-0.3, -0.25) is 14.4 Å². The number of rotatable bonds is 44. The molecule has 352 valence electrons. The molecule has 0 saturated heterocycles. The zero-order valence-electron chi connectivity index (χ0n) is 40.1. The van der Waals surface area contributed by atoms with Crippen LogP contribution in [0.1, 0.15) is 220 Å². The number of ether oxygens (including phenoxy) is 3. The summed E-state index contributed by atoms with van der Waals surface area (Å²) in [7, 11) is 0. The first-order valence-electron chi connectivity index (χ1n) is 25.3. The van der Waals surface area contributed by atoms with Crippen LogP contribution in [-0.4, -0.2) is 37.2 Å². The summed E-state index contributed by atoms with van der Waals surface area (Å²) in [5.41, 5.74) is 0. The largest absolute Gasteiger partial charge is 0.462 e. The van der Waals surface area contributed by atoms with Crippen LogP contribution in [-0.2, 0) is 28.6 Å². The van der Waals surface area contributed by atoms with Crippen molar-refractivity contribution in [2.24, 2.45) is 0 Å². The van der Waals surface area contributed by atoms with Crippen LogP contribution in [0, 0.1) is 0 Å². The molecule has 0 bridgehead atoms. The van der Waals surface area contributed by atoms with Gasteiger partial charge in [-0.25, -0.2) is 0 Å². The highest BCUT2D eigenvalue weighted by Gasteiger charge is 2.19. The number of allylic oxidation sites excluding steroid dienone is 16. The van der Waals surface area contributed by atoms with Gasteiger partial charge in [-0.2, -0.15) is 0 Å². The Morgan fingerprint density at radius 3 is 1.03 bits per heavy atom. The highest BCUT2D eigenvalue weighted by Crippen LogP contribution is 2.13. The van der Waals surface area contributed by atoms with Gasteiger partial charge in [0, 0.05) is 19.3 Å². The summed E-state index contributed by atoms with van der Waals surface area (Å²) in [5.74, 6) is -0.987. The van der Waals surface area contributed by atoms with Gasteiger partial charge in [-0.1, -0.05) is 208 Å². The monoisotopic (exact) mass is 861 g/mol. The zero-order chi connectivity index (χ0) is 45.1. The smallest absolute Gasteiger partial charge is 0.306 e. The molecular weight excluding hydrogens is 769 g/mol. The minimum absolute atomic E-state index is 0.107. The fraction of sp³-hybridized carbons (Fsp3) is 0.661. The summed E-state index contributed by atoms with van der Waals surface area (Å²) in [4.78, 5) is 37.9. The van der Waals surface area contributed by atoms with Crippen molar-refractivity contribution < 1.29 is 28.6 Å². The second-order valence-corrected chi connectivity index (χ2v) is 16.5. The molecule has 62 heavy (non-hydrogen) atoms. The lowest BCUT2D eigenvalue weighted by Crippen LogP contribution is -2.30. The molecule has 1 atom stereocenters. The third-order valence-electron chi connectivity index (χ3n) is 10.5. The average Bonchev–Trinajstić information content (AvgIpc) is 3.27. The van der Waals surface area contributed by atoms with E-state index in [1.54, 1.807) is 0 Å². The third-order valence-corrected chi connectivity index (χ3v) is 10.5. The molecule has 6 nitrogen and oxygen atoms in total. The lowest BCUT2D eigenvalue weighted by Gasteiger charge is -2.18. The third kappa shape index (κ3) is 47.4. The number of carbonyl (C=O) groups is 3. The first kappa shape index (κ1) is 58.3. The van der Waals surface area contributed by atoms with E-state index in [2.05, 4.69) is 57.2 Å². The predicted molar refractivity (Wildman–Crippen MR) is 265 cm³/mol. The molecule has 0 heterocycles. The van der Waals surface area contributed by atoms with Crippen molar-refractivity contribution in [3.8, 4) is 0 Å². The Bertz CT molecular complexity index is 1260. The maximum Gasteiger partial charge on any atom is 0.306 e. The quantitative estimate of drug-likeness (QED) is 0.0200. The number of hydrogen-bond acceptors (Lipinski definition) is 6. The molecule has 0 amide bonds. The molecule has 0 fully saturated rings. The lowest BCUT2D eigenvalue weighted by atomic mass is 10.1. The summed E-state index contributed by atoms with van der Waals surface area (Å²) < 4.78 is 16.7. The average molecular weight is 861 g/mol. The molecule has 0 aromatic carbocycles. The second-order valence-electron chi connectivity index (χ2n) is 16.5. The molecular formula is C56H92O6. The molecule has 0 aromatic heterocycles. The van der Waals surface area contributed by atoms with E-state index in [-0.39, 0.29) is 31.1 Å². The van der Waals surface area contributed by atoms with Crippen molar-refractivity contribution in [1.29, 1.82) is 0 Å². The van der Waals surface area contributed by atoms with E-state index in [4.69, 9.17) is 14.2 Å². The van der Waals surface area contributed by atoms with Crippen molar-refractivity contribution >= 4 is 17.9 Å². The number of hydrogen-bond donors (Lipinski definition) is 0. The van der Waals surface area contributed by atoms with E-state index in [1.165, 1.54) is 83.5 Å². The Hall–Kier alpha value is -3.67. The van der Waals surface area contributed by atoms with Gasteiger partial charge in [-0.05, 0) is 89.9 Å². The standard InChI is InChI=1S/C56H92O6/c1-4-7-10-13-16-19-22-25-27-28-29-32-34-37-40-43-46-49-55(58)61-52-53(51-60-54(57)48-45-42-39-36-33-30-24-21-18-15-12-9-6-3)62-56(59)50-47-44-41-38-35-31-26-23-20-17-14-11-8-5-2/h7,10,13,16,19,22,25,27-35,53H,4-6,8-9,11-12,14-15,17-18,20-21,23-24,26,36-52H2,1-3H3/b10-7-,16-13-,22-19-,27-25-,29-28+,33-30-,34-32-,35-31-. The molecule has 0 aliphatic carbocycles. The van der Waals surface area contributed by atoms with Crippen LogP contribution in [0.25, 0.3) is 0 Å². The van der Waals surface area contributed by atoms with Crippen molar-refractivity contribution in [2.75, 3.05) is 13.2 Å². The number of esters is 3. The fourth-order valence-electron chi connectivity index (χ4n) is 6.64. The zero-order valence-corrected chi connectivity index (χ0v) is 40.1. The highest BCUT2D eigenvalue weighted by atomic mass is 16.6. The molecule has 0 saturated carbocycles. The summed E-state index contributed by atoms with van der Waals surface area (Å²) >= 11 is 0. The van der Waals surface area contributed by atoms with Gasteiger partial charge in [-0.15, -0.1) is 0 Å². The van der Waals surface area contributed by atoms with E-state index in [0.717, 1.165) is 96.3 Å². The predicted octanol–water partition coefficient (Wildman–Crippen LogP) is 16.6. The van der Waals surface area contributed by atoms with Crippen LogP contribution >= 0.6 is 0 Å². The first-order chi connectivity index (χ1) is 30.5. The molecule has 0 aliphatic heterocycles. The molecule has 6 heteroatoms. The Labute approximate surface area is 381 Å². The first-order valence-corrected chi connectivity index (χ1v) is 25.3. The minimum Gasteiger partial charge on any atom is -0.462 e. The van der Waals surface area contributed by atoms with Gasteiger partial charge in [0.05, 0.1) is 0 Å². The summed E-state index contributed by atoms with van der Waals surface area (Å²) in [5, 5.41) is 0. The van der Waals surface area contributed by atoms with Gasteiger partial charge in [0.15, 0.2) is 6.10 Å². The SMILES string of the molecule is CC\C=C/C=C\C=C/C=C\C=C\C=C/CCCCCC(=O)OCC(COC(=O)CCCCC/C=C\CCCCCCCC)OC(=O)CCCCC/C=C\CCCCCCCCC. The number of carbonyl (C=O) groups excluding carboxylic acids is 3. The Morgan fingerprint density at radius 1 is 0.339 bits per heavy atom. The Morgan fingerprint density at radius 2 is 0.645 bits per heavy atom.